The Morgan fingerprint density at radius 2 is 1.03 bits per heavy atom. The van der Waals surface area contributed by atoms with E-state index in [9.17, 15) is 40.6 Å². The monoisotopic (exact) mass is 2160 g/mol. The van der Waals surface area contributed by atoms with Crippen molar-refractivity contribution < 1.29 is 93.9 Å². The zero-order valence-corrected chi connectivity index (χ0v) is 96.4. The number of allylic oxidation sites excluding steroid dienone is 2. The van der Waals surface area contributed by atoms with Crippen molar-refractivity contribution in [2.75, 3.05) is 47.9 Å². The molecule has 0 aromatic heterocycles. The lowest BCUT2D eigenvalue weighted by molar-refractivity contribution is -0.894. The molecule has 0 saturated carbocycles. The highest BCUT2D eigenvalue weighted by molar-refractivity contribution is 8.00. The van der Waals surface area contributed by atoms with Gasteiger partial charge in [-0.3, -0.25) is 9.35 Å². The van der Waals surface area contributed by atoms with Crippen molar-refractivity contribution in [3.8, 4) is 34.5 Å². The van der Waals surface area contributed by atoms with E-state index in [1.165, 1.54) is 119 Å². The summed E-state index contributed by atoms with van der Waals surface area (Å²) >= 11 is 21.7. The summed E-state index contributed by atoms with van der Waals surface area (Å²) in [7, 11) is -10.7. The van der Waals surface area contributed by atoms with E-state index in [0.717, 1.165) is 96.8 Å². The zero-order chi connectivity index (χ0) is 110. The van der Waals surface area contributed by atoms with Gasteiger partial charge in [-0.2, -0.15) is 27.6 Å². The van der Waals surface area contributed by atoms with Crippen molar-refractivity contribution in [3.05, 3.63) is 252 Å². The summed E-state index contributed by atoms with van der Waals surface area (Å²) in [5.74, 6) is 2.20. The average molecular weight is 2160 g/mol. The van der Waals surface area contributed by atoms with Gasteiger partial charge in [0.2, 0.25) is 26.9 Å². The normalized spacial score (nSPS) is 18.5. The number of ether oxygens (including phenoxy) is 3. The Bertz CT molecular complexity index is 7640. The SMILES string of the molecule is CC(C)CCCCCNC(=O)CSc1c(Cl)c(Cl)c(C(=O)O)c(C2=c3cc4c(c(S(=O)(=O)O)c3Oc3c2cc2c(c3S(=O)(=O)[O-])NC(C)(C)CC2C)=[NH+]C(C)(C)CC4C)c1Cl.CCC1CC(C)(C)Nc2cc3c(cc21)C(c1ccc(C(C)C)cc1)=c1cc2c(cc1O3)=[NH+]C(C)(C)C=C2C.CCC1CC(C)(C)Nc2cc3c(cc21)C(c1cccc(C(C)C)c1)=c1cc2c(cc1O3)=[NH+]C(C)(C)C=C2C.CC[NH+](CC)CC.O=C=O.O=C=O. The van der Waals surface area contributed by atoms with Crippen LogP contribution in [0.4, 0.5) is 17.1 Å². The molecule has 24 nitrogen and oxygen atoms in total. The van der Waals surface area contributed by atoms with E-state index >= 15 is 0 Å². The summed E-state index contributed by atoms with van der Waals surface area (Å²) in [6.07, 6.45) is 14.5. The van der Waals surface area contributed by atoms with E-state index in [1.54, 1.807) is 17.0 Å². The van der Waals surface area contributed by atoms with Gasteiger partial charge in [0, 0.05) is 157 Å². The van der Waals surface area contributed by atoms with Gasteiger partial charge in [0.15, 0.2) is 28.1 Å². The van der Waals surface area contributed by atoms with E-state index in [4.69, 9.17) is 68.2 Å². The molecule has 4 atom stereocenters. The van der Waals surface area contributed by atoms with Gasteiger partial charge in [0.1, 0.15) is 38.0 Å². The Hall–Kier alpha value is -11.0. The maximum absolute atomic E-state index is 13.6. The van der Waals surface area contributed by atoms with Crippen LogP contribution in [0.1, 0.15) is 375 Å². The third kappa shape index (κ3) is 25.2. The Labute approximate surface area is 903 Å². The summed E-state index contributed by atoms with van der Waals surface area (Å²) in [6.45, 7) is 62.4. The first-order chi connectivity index (χ1) is 70.2. The Balaban J connectivity index is 0.000000183. The molecule has 800 valence electrons. The van der Waals surface area contributed by atoms with Gasteiger partial charge < -0.3 is 50.0 Å². The third-order valence-electron chi connectivity index (χ3n) is 29.8. The van der Waals surface area contributed by atoms with Crippen LogP contribution in [-0.2, 0) is 44.2 Å². The van der Waals surface area contributed by atoms with Crippen LogP contribution in [0.2, 0.25) is 15.1 Å². The summed E-state index contributed by atoms with van der Waals surface area (Å²) < 4.78 is 98.7. The number of rotatable bonds is 22. The Morgan fingerprint density at radius 3 is 1.49 bits per heavy atom. The largest absolute Gasteiger partial charge is 0.744 e. The number of carbonyl (C=O) groups is 2. The first-order valence-corrected chi connectivity index (χ1v) is 57.4. The van der Waals surface area contributed by atoms with Gasteiger partial charge in [0.25, 0.3) is 0 Å². The number of thioether (sulfide) groups is 1. The van der Waals surface area contributed by atoms with Gasteiger partial charge >= 0.3 is 28.4 Å². The lowest BCUT2D eigenvalue weighted by atomic mass is 9.78. The van der Waals surface area contributed by atoms with Crippen LogP contribution in [0.3, 0.4) is 0 Å². The molecule has 30 heteroatoms. The van der Waals surface area contributed by atoms with E-state index in [1.807, 2.05) is 41.5 Å². The quantitative estimate of drug-likeness (QED) is 0.0130. The highest BCUT2D eigenvalue weighted by atomic mass is 35.5. The number of benzene rings is 9. The fourth-order valence-electron chi connectivity index (χ4n) is 23.2. The topological polar surface area (TPSA) is 356 Å². The molecule has 4 unspecified atom stereocenters. The number of hydrogen-bond donors (Lipinski definition) is 10. The number of fused-ring (bicyclic) bond motifs is 12. The third-order valence-corrected chi connectivity index (χ3v) is 34.1. The molecule has 0 radical (unpaired) electrons. The maximum Gasteiger partial charge on any atom is 0.373 e. The van der Waals surface area contributed by atoms with E-state index in [0.29, 0.717) is 60.1 Å². The first kappa shape index (κ1) is 116. The van der Waals surface area contributed by atoms with Crippen LogP contribution >= 0.6 is 46.6 Å². The van der Waals surface area contributed by atoms with Gasteiger partial charge in [-0.25, -0.2) is 28.2 Å². The number of aromatic carboxylic acids is 1. The van der Waals surface area contributed by atoms with E-state index in [2.05, 4.69) is 291 Å². The maximum atomic E-state index is 13.6. The molecule has 0 spiro atoms. The minimum atomic E-state index is -5.48. The number of unbranched alkanes of at least 4 members (excludes halogenated alkanes) is 2. The number of nitrogens with one attached hydrogen (secondary N) is 8. The fraction of sp³-hybridized carbons (Fsp3) is 0.458. The van der Waals surface area contributed by atoms with Crippen LogP contribution in [0.5, 0.6) is 34.5 Å². The standard InChI is InChI=1S/C42H50Cl3N3O10S3.2C35H40N2O.C6H15N.2CO2/c1-19(2)12-10-9-11-13-46-26(49)18-59-37-31(44)28(29(40(50)51)30(43)32(37)45)27-24-14-22-20(3)16-41(5,6)47-33(22)38(60(52,53)54)35(24)58-36-25(27)15-23-21(4)17-42(7,8)48-34(23)39(36)61(55,56)57;1-9-22-19-35(7,8)37-30-17-32-28(15-26(22)30)33(24-12-10-23(11-13-24)20(2)3)27-14-25-21(4)18-34(5,6)36-29(25)16-31(27)38-32;1-9-22-19-35(7,8)37-30-17-32-28(15-26(22)30)33(24-12-10-11-23(13-24)20(2)3)27-14-25-21(4)18-34(5,6)36-29(25)16-31(27)38-32;1-4-7(5-2)6-3;2*2-1-3/h14-15,19-21,47H,9-13,16-18H2,1-8H3,(H,46,49)(H,50,51)(H,52,53,54)(H,55,56,57);2*10-18,20,22,37H,9,19H2,1-8H3;4-6H2,1-3H3;;/p+3. The number of quaternary nitrogens is 1. The number of carboxylic acid groups (broad SMARTS) is 1. The molecule has 0 aliphatic carbocycles. The lowest BCUT2D eigenvalue weighted by Gasteiger charge is -2.40. The van der Waals surface area contributed by atoms with Crippen LogP contribution in [0.25, 0.3) is 27.9 Å². The lowest BCUT2D eigenvalue weighted by Crippen LogP contribution is -3.11. The molecule has 0 saturated heterocycles. The highest BCUT2D eigenvalue weighted by Gasteiger charge is 2.46. The fourth-order valence-corrected chi connectivity index (χ4v) is 26.8. The first-order valence-electron chi connectivity index (χ1n) is 52.4. The molecule has 10 N–H and O–H groups in total. The van der Waals surface area contributed by atoms with Crippen molar-refractivity contribution in [1.82, 2.24) is 5.32 Å². The molecule has 9 heterocycles. The molecular weight excluding hydrogens is 2010 g/mol. The molecule has 9 aromatic rings. The second-order valence-corrected chi connectivity index (χ2v) is 50.9. The Morgan fingerprint density at radius 1 is 0.533 bits per heavy atom. The van der Waals surface area contributed by atoms with Crippen LogP contribution < -0.4 is 87.1 Å². The second kappa shape index (κ2) is 45.7. The predicted octanol–water partition coefficient (Wildman–Crippen LogP) is 18.0. The van der Waals surface area contributed by atoms with Crippen molar-refractivity contribution in [2.45, 2.75) is 335 Å². The van der Waals surface area contributed by atoms with E-state index in [-0.39, 0.29) is 106 Å². The molecule has 150 heavy (non-hydrogen) atoms. The second-order valence-electron chi connectivity index (χ2n) is 46.1. The summed E-state index contributed by atoms with van der Waals surface area (Å²) in [4.78, 5) is 69.6. The number of carbonyl (C=O) groups excluding carboxylic acids is 5. The van der Waals surface area contributed by atoms with Crippen LogP contribution in [0, 0.1) is 5.92 Å². The predicted molar refractivity (Wildman–Crippen MR) is 593 cm³/mol. The van der Waals surface area contributed by atoms with Gasteiger partial charge in [-0.05, 0) is 269 Å². The number of halogens is 3. The molecule has 0 bridgehead atoms. The molecule has 18 rings (SSSR count). The molecule has 0 fully saturated rings. The van der Waals surface area contributed by atoms with Gasteiger partial charge in [0.05, 0.1) is 63.8 Å². The highest BCUT2D eigenvalue weighted by Crippen LogP contribution is 2.57. The Kier molecular flexibility index (Phi) is 35.4. The molecule has 9 aliphatic heterocycles. The molecular formula is C120H148Cl3N8O16S3+3. The molecule has 1 amide bonds. The minimum absolute atomic E-state index is 0.0127. The van der Waals surface area contributed by atoms with Crippen molar-refractivity contribution >= 4 is 136 Å². The number of carboxylic acids is 1. The van der Waals surface area contributed by atoms with Crippen LogP contribution in [0.15, 0.2) is 136 Å². The zero-order valence-electron chi connectivity index (χ0n) is 91.7. The van der Waals surface area contributed by atoms with Crippen molar-refractivity contribution in [1.29, 1.82) is 0 Å². The van der Waals surface area contributed by atoms with Crippen molar-refractivity contribution in [3.63, 3.8) is 0 Å². The van der Waals surface area contributed by atoms with Gasteiger partial charge in [-0.15, -0.1) is 11.8 Å². The average Bonchev–Trinajstić information content (AvgIpc) is 0.694. The van der Waals surface area contributed by atoms with Gasteiger partial charge in [-0.1, -0.05) is 172 Å². The summed E-state index contributed by atoms with van der Waals surface area (Å²) in [5, 5.41) is 27.9. The summed E-state index contributed by atoms with van der Waals surface area (Å²) in [6, 6.07) is 39.8. The number of hydrogen-bond acceptors (Lipinski definition) is 18. The molecule has 9 aromatic carbocycles. The molecule has 9 aliphatic rings. The smallest absolute Gasteiger partial charge is 0.373 e. The minimum Gasteiger partial charge on any atom is -0.744 e. The number of amides is 1. The summed E-state index contributed by atoms with van der Waals surface area (Å²) in [5.41, 5.74) is 18.5. The van der Waals surface area contributed by atoms with Crippen molar-refractivity contribution in [2.24, 2.45) is 5.92 Å². The number of anilines is 3. The van der Waals surface area contributed by atoms with E-state index < -0.39 is 69.2 Å². The van der Waals surface area contributed by atoms with Crippen LogP contribution in [-0.4, -0.2) is 120 Å².